The number of aliphatic hydroxyl groups is 1. The fraction of sp³-hybridized carbons (Fsp3) is 0.895. The van der Waals surface area contributed by atoms with E-state index in [-0.39, 0.29) is 23.8 Å². The zero-order chi connectivity index (χ0) is 22.5. The summed E-state index contributed by atoms with van der Waals surface area (Å²) in [6.07, 6.45) is 4.52. The van der Waals surface area contributed by atoms with E-state index in [0.29, 0.717) is 44.7 Å². The van der Waals surface area contributed by atoms with Crippen LogP contribution in [0, 0.1) is 11.8 Å². The van der Waals surface area contributed by atoms with E-state index in [9.17, 15) is 19.1 Å². The highest BCUT2D eigenvalue weighted by Crippen LogP contribution is 2.39. The van der Waals surface area contributed by atoms with Gasteiger partial charge in [0.05, 0.1) is 57.9 Å². The number of hydrogen-bond donors (Lipinski definition) is 1. The van der Waals surface area contributed by atoms with Crippen LogP contribution in [0.25, 0.3) is 10.4 Å². The van der Waals surface area contributed by atoms with E-state index < -0.39 is 19.3 Å². The largest absolute Gasteiger partial charge is 0.466 e. The molecule has 2 aliphatic carbocycles. The summed E-state index contributed by atoms with van der Waals surface area (Å²) in [5, 5.41) is 13.0. The lowest BCUT2D eigenvalue weighted by Crippen LogP contribution is -2.35. The molecule has 9 nitrogen and oxygen atoms in total. The Kier molecular flexibility index (Phi) is 10.8. The Morgan fingerprint density at radius 2 is 1.69 bits per heavy atom. The van der Waals surface area contributed by atoms with Crippen LogP contribution in [0.5, 0.6) is 0 Å². The number of halogens is 1. The summed E-state index contributed by atoms with van der Waals surface area (Å²) >= 11 is 0. The number of ether oxygens (including phenoxy) is 3. The second kappa shape index (κ2) is 13.3. The fourth-order valence-electron chi connectivity index (χ4n) is 3.67. The first-order valence-corrected chi connectivity index (χ1v) is 9.97. The van der Waals surface area contributed by atoms with Crippen molar-refractivity contribution in [2.24, 2.45) is 17.0 Å². The van der Waals surface area contributed by atoms with E-state index in [1.807, 2.05) is 6.92 Å². The van der Waals surface area contributed by atoms with Crippen molar-refractivity contribution in [3.05, 3.63) is 10.4 Å². The third-order valence-corrected chi connectivity index (χ3v) is 5.22. The molecule has 1 N–H and O–H groups in total. The van der Waals surface area contributed by atoms with E-state index in [0.717, 1.165) is 19.3 Å². The number of carbonyl (C=O) groups is 2. The van der Waals surface area contributed by atoms with Crippen LogP contribution in [-0.4, -0.2) is 61.8 Å². The van der Waals surface area contributed by atoms with Gasteiger partial charge in [0.25, 0.3) is 0 Å². The Bertz CT molecular complexity index is 593. The molecule has 0 aromatic rings. The van der Waals surface area contributed by atoms with Crippen molar-refractivity contribution in [2.45, 2.75) is 76.7 Å². The predicted octanol–water partition coefficient (Wildman–Crippen LogP) is 3.09. The molecular formula is C19H32FN3O6. The van der Waals surface area contributed by atoms with Crippen molar-refractivity contribution < 1.29 is 34.7 Å². The number of fused-ring (bicyclic) bond motifs is 1. The second-order valence-electron chi connectivity index (χ2n) is 7.08. The molecule has 0 unspecified atom stereocenters. The zero-order valence-corrected chi connectivity index (χ0v) is 17.0. The van der Waals surface area contributed by atoms with Gasteiger partial charge in [0.15, 0.2) is 0 Å². The summed E-state index contributed by atoms with van der Waals surface area (Å²) in [5.41, 5.74) is 8.30. The second-order valence-corrected chi connectivity index (χ2v) is 7.08. The highest BCUT2D eigenvalue weighted by atomic mass is 19.1. The number of nitrogens with zero attached hydrogens (tertiary/aromatic N) is 3. The summed E-state index contributed by atoms with van der Waals surface area (Å²) in [6.45, 7) is 4.44. The monoisotopic (exact) mass is 418 g/mol. The first kappa shape index (κ1) is 23.4. The summed E-state index contributed by atoms with van der Waals surface area (Å²) in [7, 11) is -1.00. The topological polar surface area (TPSA) is 134 Å². The molecule has 2 saturated carbocycles. The van der Waals surface area contributed by atoms with Gasteiger partial charge in [0.2, 0.25) is 0 Å². The molecule has 1 aliphatic heterocycles. The summed E-state index contributed by atoms with van der Waals surface area (Å²) in [5.74, 6) is -0.438. The molecule has 10 heteroatoms. The maximum Gasteiger partial charge on any atom is 0.309 e. The zero-order valence-electron chi connectivity index (χ0n) is 18.0. The number of aliphatic hydroxyl groups excluding tert-OH is 1. The molecule has 166 valence electrons. The molecule has 6 atom stereocenters. The van der Waals surface area contributed by atoms with Crippen LogP contribution < -0.4 is 0 Å². The smallest absolute Gasteiger partial charge is 0.309 e. The van der Waals surface area contributed by atoms with Crippen molar-refractivity contribution in [3.63, 3.8) is 0 Å². The molecule has 3 fully saturated rings. The van der Waals surface area contributed by atoms with E-state index in [1.165, 1.54) is 0 Å². The Hall–Kier alpha value is -1.90. The van der Waals surface area contributed by atoms with E-state index in [1.54, 1.807) is 6.92 Å². The van der Waals surface area contributed by atoms with Crippen molar-refractivity contribution in [2.75, 3.05) is 20.4 Å². The third-order valence-electron chi connectivity index (χ3n) is 5.22. The van der Waals surface area contributed by atoms with Gasteiger partial charge >= 0.3 is 11.9 Å². The molecule has 3 rings (SSSR count). The maximum atomic E-state index is 11.4. The van der Waals surface area contributed by atoms with Gasteiger partial charge in [-0.1, -0.05) is 5.11 Å². The quantitative estimate of drug-likeness (QED) is 0.240. The predicted molar refractivity (Wildman–Crippen MR) is 103 cm³/mol. The van der Waals surface area contributed by atoms with Crippen LogP contribution in [0.1, 0.15) is 53.7 Å². The lowest BCUT2D eigenvalue weighted by Gasteiger charge is -2.28. The standard InChI is InChI=1S/C9H15N3O3.C9H14O3.CH3F/c1-2-15-9(14)6-3-4-8(13)7(5-6)11-12-10;1-2-11-9(10)6-3-4-7-8(5-6)12-7;1-2/h6-8,13H,2-5H2,1H3;6-8H,2-5H2,1H3;1H3/t6-,7+,8+;6-,7+,8-;/m11./s1/i;;1D. The van der Waals surface area contributed by atoms with Crippen LogP contribution in [0.15, 0.2) is 5.11 Å². The Balaban J connectivity index is 0.000000269. The van der Waals surface area contributed by atoms with Gasteiger partial charge in [0, 0.05) is 4.91 Å². The van der Waals surface area contributed by atoms with Crippen LogP contribution in [0.4, 0.5) is 4.39 Å². The number of alkyl halides is 1. The number of carbonyl (C=O) groups excluding carboxylic acids is 2. The molecule has 0 aromatic heterocycles. The first-order valence-electron chi connectivity index (χ1n) is 10.7. The average Bonchev–Trinajstić information content (AvgIpc) is 3.50. The van der Waals surface area contributed by atoms with Gasteiger partial charge in [-0.15, -0.1) is 0 Å². The van der Waals surface area contributed by atoms with Gasteiger partial charge in [-0.2, -0.15) is 0 Å². The summed E-state index contributed by atoms with van der Waals surface area (Å²) < 4.78 is 30.7. The normalized spacial score (nSPS) is 32.3. The van der Waals surface area contributed by atoms with Crippen LogP contribution in [0.2, 0.25) is 0 Å². The van der Waals surface area contributed by atoms with Crippen molar-refractivity contribution >= 4 is 11.9 Å². The minimum atomic E-state index is -1.00. The van der Waals surface area contributed by atoms with Crippen LogP contribution in [-0.2, 0) is 23.8 Å². The molecule has 0 bridgehead atoms. The van der Waals surface area contributed by atoms with Gasteiger partial charge < -0.3 is 19.3 Å². The minimum Gasteiger partial charge on any atom is -0.466 e. The van der Waals surface area contributed by atoms with E-state index in [4.69, 9.17) is 21.1 Å². The molecule has 29 heavy (non-hydrogen) atoms. The highest BCUT2D eigenvalue weighted by Gasteiger charge is 2.46. The number of azide groups is 1. The van der Waals surface area contributed by atoms with E-state index in [2.05, 4.69) is 10.0 Å². The highest BCUT2D eigenvalue weighted by molar-refractivity contribution is 5.73. The van der Waals surface area contributed by atoms with Gasteiger partial charge in [-0.3, -0.25) is 14.0 Å². The molecule has 0 radical (unpaired) electrons. The third kappa shape index (κ3) is 8.16. The molecule has 3 aliphatic rings. The Morgan fingerprint density at radius 3 is 2.21 bits per heavy atom. The Morgan fingerprint density at radius 1 is 1.14 bits per heavy atom. The average molecular weight is 418 g/mol. The molecule has 0 aromatic carbocycles. The number of esters is 2. The molecule has 1 heterocycles. The van der Waals surface area contributed by atoms with Gasteiger partial charge in [-0.25, -0.2) is 0 Å². The Labute approximate surface area is 171 Å². The van der Waals surface area contributed by atoms with Crippen molar-refractivity contribution in [1.29, 1.82) is 0 Å². The van der Waals surface area contributed by atoms with Crippen molar-refractivity contribution in [3.8, 4) is 0 Å². The van der Waals surface area contributed by atoms with Crippen LogP contribution in [0.3, 0.4) is 0 Å². The molecule has 0 amide bonds. The molecule has 0 spiro atoms. The number of epoxide rings is 1. The molecule has 1 saturated heterocycles. The van der Waals surface area contributed by atoms with E-state index >= 15 is 0 Å². The first-order chi connectivity index (χ1) is 14.4. The maximum absolute atomic E-state index is 11.4. The SMILES string of the molecule is CCOC(=O)[C@@H]1CC[C@@H]2O[C@@H]2C1.CCOC(=O)[C@@H]1CC[C@H](O)[C@@H](N=[N+]=[N-])C1.[2H]CF. The minimum absolute atomic E-state index is 0.0357. The summed E-state index contributed by atoms with van der Waals surface area (Å²) in [6, 6.07) is -0.502. The number of rotatable bonds is 5. The number of hydrogen-bond acceptors (Lipinski definition) is 7. The van der Waals surface area contributed by atoms with Gasteiger partial charge in [-0.05, 0) is 57.9 Å². The van der Waals surface area contributed by atoms with Crippen LogP contribution >= 0.6 is 0 Å². The lowest BCUT2D eigenvalue weighted by atomic mass is 9.84. The fourth-order valence-corrected chi connectivity index (χ4v) is 3.67. The molecular weight excluding hydrogens is 385 g/mol. The van der Waals surface area contributed by atoms with Gasteiger partial charge in [0.1, 0.15) is 0 Å². The lowest BCUT2D eigenvalue weighted by molar-refractivity contribution is -0.150. The summed E-state index contributed by atoms with van der Waals surface area (Å²) in [4.78, 5) is 25.4. The van der Waals surface area contributed by atoms with Crippen molar-refractivity contribution in [1.82, 2.24) is 0 Å².